The molecule has 1 amide bonds. The topological polar surface area (TPSA) is 101 Å². The molecule has 29 heavy (non-hydrogen) atoms. The van der Waals surface area contributed by atoms with Gasteiger partial charge >= 0.3 is 0 Å². The third-order valence-corrected chi connectivity index (χ3v) is 6.70. The van der Waals surface area contributed by atoms with Crippen LogP contribution < -0.4 is 10.0 Å². The molecule has 0 atom stereocenters. The number of sulfonamides is 1. The molecule has 7 nitrogen and oxygen atoms in total. The van der Waals surface area contributed by atoms with Crippen LogP contribution in [0.5, 0.6) is 0 Å². The van der Waals surface area contributed by atoms with Crippen LogP contribution in [-0.4, -0.2) is 30.8 Å². The highest BCUT2D eigenvalue weighted by Crippen LogP contribution is 2.22. The lowest BCUT2D eigenvalue weighted by molar-refractivity contribution is -0.114. The van der Waals surface area contributed by atoms with E-state index in [0.717, 1.165) is 16.3 Å². The second-order valence-electron chi connectivity index (χ2n) is 6.53. The minimum absolute atomic E-state index is 0.165. The van der Waals surface area contributed by atoms with Crippen LogP contribution in [0.4, 0.5) is 5.69 Å². The van der Waals surface area contributed by atoms with E-state index < -0.39 is 10.0 Å². The average Bonchev–Trinajstić information content (AvgIpc) is 3.16. The molecule has 0 saturated carbocycles. The summed E-state index contributed by atoms with van der Waals surface area (Å²) in [7, 11) is -3.67. The summed E-state index contributed by atoms with van der Waals surface area (Å²) in [5.74, 6) is -0.250. The average molecular weight is 431 g/mol. The molecule has 3 rings (SSSR count). The normalized spacial score (nSPS) is 11.4. The quantitative estimate of drug-likeness (QED) is 0.534. The molecule has 1 aromatic carbocycles. The summed E-state index contributed by atoms with van der Waals surface area (Å²) in [5.41, 5.74) is 2.99. The van der Waals surface area contributed by atoms with Crippen molar-refractivity contribution in [3.05, 3.63) is 58.7 Å². The molecule has 0 radical (unpaired) electrons. The number of nitrogens with zero attached hydrogens (tertiary/aromatic N) is 2. The molecule has 9 heteroatoms. The first kappa shape index (κ1) is 21.1. The fourth-order valence-electron chi connectivity index (χ4n) is 2.78. The highest BCUT2D eigenvalue weighted by Gasteiger charge is 2.17. The summed E-state index contributed by atoms with van der Waals surface area (Å²) >= 11 is 1.56. The van der Waals surface area contributed by atoms with Gasteiger partial charge in [0.2, 0.25) is 15.9 Å². The molecule has 0 fully saturated rings. The SMILES string of the molecule is CC(=O)Nc1ccc(C)c(S(=O)(=O)NCCCc2nc(-c3ccncc3)cs2)c1. The molecule has 3 aromatic rings. The van der Waals surface area contributed by atoms with E-state index in [9.17, 15) is 13.2 Å². The van der Waals surface area contributed by atoms with Gasteiger partial charge in [-0.1, -0.05) is 6.07 Å². The Morgan fingerprint density at radius 3 is 2.66 bits per heavy atom. The molecule has 0 aliphatic heterocycles. The zero-order valence-electron chi connectivity index (χ0n) is 16.2. The number of anilines is 1. The number of thiazole rings is 1. The number of aryl methyl sites for hydroxylation is 2. The Morgan fingerprint density at radius 2 is 1.93 bits per heavy atom. The minimum Gasteiger partial charge on any atom is -0.326 e. The van der Waals surface area contributed by atoms with Gasteiger partial charge in [-0.2, -0.15) is 0 Å². The van der Waals surface area contributed by atoms with Crippen LogP contribution in [0.25, 0.3) is 11.3 Å². The number of rotatable bonds is 8. The van der Waals surface area contributed by atoms with E-state index in [2.05, 4.69) is 20.0 Å². The van der Waals surface area contributed by atoms with Gasteiger partial charge in [-0.15, -0.1) is 11.3 Å². The smallest absolute Gasteiger partial charge is 0.240 e. The Hall–Kier alpha value is -2.62. The number of aromatic nitrogens is 2. The third-order valence-electron chi connectivity index (χ3n) is 4.19. The number of benzene rings is 1. The molecule has 2 aromatic heterocycles. The second-order valence-corrected chi connectivity index (χ2v) is 9.20. The Labute approximate surface area is 174 Å². The summed E-state index contributed by atoms with van der Waals surface area (Å²) in [5, 5.41) is 5.56. The number of hydrogen-bond acceptors (Lipinski definition) is 6. The summed E-state index contributed by atoms with van der Waals surface area (Å²) in [6.07, 6.45) is 4.77. The van der Waals surface area contributed by atoms with E-state index in [1.54, 1.807) is 42.8 Å². The van der Waals surface area contributed by atoms with Gasteiger partial charge < -0.3 is 5.32 Å². The highest BCUT2D eigenvalue weighted by atomic mass is 32.2. The number of nitrogens with one attached hydrogen (secondary N) is 2. The van der Waals surface area contributed by atoms with Crippen molar-refractivity contribution >= 4 is 33.0 Å². The van der Waals surface area contributed by atoms with E-state index >= 15 is 0 Å². The van der Waals surface area contributed by atoms with E-state index in [-0.39, 0.29) is 10.8 Å². The van der Waals surface area contributed by atoms with Gasteiger partial charge in [-0.25, -0.2) is 18.1 Å². The molecular weight excluding hydrogens is 408 g/mol. The summed E-state index contributed by atoms with van der Waals surface area (Å²) in [6, 6.07) is 8.64. The molecule has 0 saturated heterocycles. The van der Waals surface area contributed by atoms with Gasteiger partial charge in [0, 0.05) is 48.9 Å². The van der Waals surface area contributed by atoms with Crippen LogP contribution in [-0.2, 0) is 21.2 Å². The van der Waals surface area contributed by atoms with Gasteiger partial charge in [0.1, 0.15) is 0 Å². The van der Waals surface area contributed by atoms with Crippen molar-refractivity contribution in [2.24, 2.45) is 0 Å². The second kappa shape index (κ2) is 9.25. The molecular formula is C20H22N4O3S2. The number of carbonyl (C=O) groups excluding carboxylic acids is 1. The van der Waals surface area contributed by atoms with Gasteiger partial charge in [-0.05, 0) is 43.2 Å². The maximum Gasteiger partial charge on any atom is 0.240 e. The summed E-state index contributed by atoms with van der Waals surface area (Å²) < 4.78 is 27.9. The zero-order valence-corrected chi connectivity index (χ0v) is 17.8. The summed E-state index contributed by atoms with van der Waals surface area (Å²) in [4.78, 5) is 20.0. The number of amides is 1. The molecule has 2 N–H and O–H groups in total. The molecule has 0 aliphatic rings. The number of carbonyl (C=O) groups is 1. The van der Waals surface area contributed by atoms with E-state index in [1.807, 2.05) is 17.5 Å². The van der Waals surface area contributed by atoms with Crippen molar-refractivity contribution in [1.82, 2.24) is 14.7 Å². The monoisotopic (exact) mass is 430 g/mol. The van der Waals surface area contributed by atoms with E-state index in [4.69, 9.17) is 0 Å². The Morgan fingerprint density at radius 1 is 1.17 bits per heavy atom. The molecule has 0 spiro atoms. The Balaban J connectivity index is 1.58. The molecule has 0 unspecified atom stereocenters. The van der Waals surface area contributed by atoms with Crippen molar-refractivity contribution in [2.45, 2.75) is 31.6 Å². The zero-order chi connectivity index (χ0) is 20.9. The lowest BCUT2D eigenvalue weighted by atomic mass is 10.2. The van der Waals surface area contributed by atoms with Crippen molar-refractivity contribution in [2.75, 3.05) is 11.9 Å². The van der Waals surface area contributed by atoms with Crippen molar-refractivity contribution < 1.29 is 13.2 Å². The lowest BCUT2D eigenvalue weighted by Crippen LogP contribution is -2.26. The fraction of sp³-hybridized carbons (Fsp3) is 0.250. The van der Waals surface area contributed by atoms with Crippen LogP contribution in [0.3, 0.4) is 0 Å². The predicted octanol–water partition coefficient (Wildman–Crippen LogP) is 3.38. The predicted molar refractivity (Wildman–Crippen MR) is 114 cm³/mol. The third kappa shape index (κ3) is 5.69. The minimum atomic E-state index is -3.67. The van der Waals surface area contributed by atoms with E-state index in [1.165, 1.54) is 13.0 Å². The van der Waals surface area contributed by atoms with Crippen molar-refractivity contribution in [3.8, 4) is 11.3 Å². The van der Waals surface area contributed by atoms with Gasteiger partial charge in [-0.3, -0.25) is 9.78 Å². The Kier molecular flexibility index (Phi) is 6.73. The number of pyridine rings is 1. The first-order valence-corrected chi connectivity index (χ1v) is 11.4. The fourth-order valence-corrected chi connectivity index (χ4v) is 4.97. The van der Waals surface area contributed by atoms with Crippen molar-refractivity contribution in [3.63, 3.8) is 0 Å². The van der Waals surface area contributed by atoms with Crippen molar-refractivity contribution in [1.29, 1.82) is 0 Å². The maximum absolute atomic E-state index is 12.6. The standard InChI is InChI=1S/C20H22N4O3S2/c1-14-5-6-17(23-15(2)25)12-19(14)29(26,27)22-9-3-4-20-24-18(13-28-20)16-7-10-21-11-8-16/h5-8,10-13,22H,3-4,9H2,1-2H3,(H,23,25). The first-order valence-electron chi connectivity index (χ1n) is 9.08. The number of hydrogen-bond donors (Lipinski definition) is 2. The van der Waals surface area contributed by atoms with Crippen LogP contribution in [0.2, 0.25) is 0 Å². The summed E-state index contributed by atoms with van der Waals surface area (Å²) in [6.45, 7) is 3.41. The Bertz CT molecular complexity index is 1100. The van der Waals surface area contributed by atoms with E-state index in [0.29, 0.717) is 30.6 Å². The first-order chi connectivity index (χ1) is 13.8. The molecule has 2 heterocycles. The lowest BCUT2D eigenvalue weighted by Gasteiger charge is -2.11. The van der Waals surface area contributed by atoms with Crippen LogP contribution in [0.1, 0.15) is 23.9 Å². The van der Waals surface area contributed by atoms with Gasteiger partial charge in [0.25, 0.3) is 0 Å². The van der Waals surface area contributed by atoms with Crippen LogP contribution in [0.15, 0.2) is 53.0 Å². The molecule has 0 aliphatic carbocycles. The van der Waals surface area contributed by atoms with Gasteiger partial charge in [0.05, 0.1) is 15.6 Å². The van der Waals surface area contributed by atoms with Crippen LogP contribution >= 0.6 is 11.3 Å². The highest BCUT2D eigenvalue weighted by molar-refractivity contribution is 7.89. The maximum atomic E-state index is 12.6. The molecule has 0 bridgehead atoms. The van der Waals surface area contributed by atoms with Gasteiger partial charge in [0.15, 0.2) is 0 Å². The molecule has 152 valence electrons. The largest absolute Gasteiger partial charge is 0.326 e. The van der Waals surface area contributed by atoms with Crippen LogP contribution in [0, 0.1) is 6.92 Å².